The second kappa shape index (κ2) is 4.64. The van der Waals surface area contributed by atoms with Gasteiger partial charge in [-0.2, -0.15) is 0 Å². The molecule has 1 aliphatic rings. The molecule has 0 unspecified atom stereocenters. The maximum atomic E-state index is 10.3. The Morgan fingerprint density at radius 1 is 1.47 bits per heavy atom. The molecule has 0 aromatic carbocycles. The molecular weight excluding hydrogens is 206 g/mol. The topological polar surface area (TPSA) is 46.2 Å². The number of thiophene rings is 1. The highest BCUT2D eigenvalue weighted by Crippen LogP contribution is 2.31. The number of hydrogen-bond donors (Lipinski definition) is 2. The van der Waals surface area contributed by atoms with E-state index in [-0.39, 0.29) is 0 Å². The van der Waals surface area contributed by atoms with Crippen LogP contribution in [0.3, 0.4) is 0 Å². The van der Waals surface area contributed by atoms with Crippen molar-refractivity contribution in [3.63, 3.8) is 0 Å². The third-order valence-electron chi connectivity index (χ3n) is 3.38. The molecule has 1 heterocycles. The maximum Gasteiger partial charge on any atom is 0.0652 e. The Balaban J connectivity index is 1.83. The first-order valence-corrected chi connectivity index (χ1v) is 6.56. The lowest BCUT2D eigenvalue weighted by atomic mass is 9.79. The molecule has 0 saturated heterocycles. The highest BCUT2D eigenvalue weighted by Gasteiger charge is 2.31. The van der Waals surface area contributed by atoms with Crippen molar-refractivity contribution in [2.75, 3.05) is 0 Å². The summed E-state index contributed by atoms with van der Waals surface area (Å²) in [5, 5.41) is 12.4. The van der Waals surface area contributed by atoms with Gasteiger partial charge >= 0.3 is 0 Å². The smallest absolute Gasteiger partial charge is 0.0652 e. The first kappa shape index (κ1) is 11.1. The molecule has 1 fully saturated rings. The summed E-state index contributed by atoms with van der Waals surface area (Å²) in [5.41, 5.74) is 5.39. The molecule has 3 N–H and O–H groups in total. The third kappa shape index (κ3) is 3.03. The number of rotatable bonds is 3. The van der Waals surface area contributed by atoms with E-state index in [1.54, 1.807) is 11.3 Å². The van der Waals surface area contributed by atoms with Crippen LogP contribution in [0.2, 0.25) is 0 Å². The zero-order valence-corrected chi connectivity index (χ0v) is 9.80. The van der Waals surface area contributed by atoms with Crippen LogP contribution in [0.15, 0.2) is 17.5 Å². The Kier molecular flexibility index (Phi) is 3.44. The molecule has 0 spiro atoms. The molecule has 3 heteroatoms. The standard InChI is InChI=1S/C12H19NOS/c13-10-3-6-12(14,7-4-10)8-5-11-2-1-9-15-11/h1-2,9-10,14H,3-8,13H2. The molecule has 2 nitrogen and oxygen atoms in total. The van der Waals surface area contributed by atoms with Crippen molar-refractivity contribution in [1.82, 2.24) is 0 Å². The van der Waals surface area contributed by atoms with E-state index >= 15 is 0 Å². The summed E-state index contributed by atoms with van der Waals surface area (Å²) in [6, 6.07) is 4.52. The zero-order chi connectivity index (χ0) is 10.7. The first-order chi connectivity index (χ1) is 7.18. The Bertz CT molecular complexity index is 289. The lowest BCUT2D eigenvalue weighted by molar-refractivity contribution is -0.00734. The minimum Gasteiger partial charge on any atom is -0.390 e. The minimum atomic E-state index is -0.445. The van der Waals surface area contributed by atoms with Crippen LogP contribution in [0.5, 0.6) is 0 Å². The Hall–Kier alpha value is -0.380. The molecule has 0 aliphatic heterocycles. The van der Waals surface area contributed by atoms with Crippen LogP contribution < -0.4 is 5.73 Å². The van der Waals surface area contributed by atoms with E-state index in [0.29, 0.717) is 6.04 Å². The van der Waals surface area contributed by atoms with E-state index < -0.39 is 5.60 Å². The summed E-state index contributed by atoms with van der Waals surface area (Å²) in [6.07, 6.45) is 5.59. The van der Waals surface area contributed by atoms with Gasteiger partial charge in [-0.05, 0) is 50.0 Å². The third-order valence-corrected chi connectivity index (χ3v) is 4.31. The summed E-state index contributed by atoms with van der Waals surface area (Å²) in [5.74, 6) is 0. The fraction of sp³-hybridized carbons (Fsp3) is 0.667. The van der Waals surface area contributed by atoms with Crippen LogP contribution >= 0.6 is 11.3 Å². The second-order valence-electron chi connectivity index (χ2n) is 4.64. The van der Waals surface area contributed by atoms with Gasteiger partial charge in [-0.1, -0.05) is 6.07 Å². The van der Waals surface area contributed by atoms with Crippen LogP contribution in [0.25, 0.3) is 0 Å². The van der Waals surface area contributed by atoms with Gasteiger partial charge in [-0.3, -0.25) is 0 Å². The zero-order valence-electron chi connectivity index (χ0n) is 8.98. The molecular formula is C12H19NOS. The molecule has 1 aromatic rings. The van der Waals surface area contributed by atoms with Gasteiger partial charge in [-0.25, -0.2) is 0 Å². The van der Waals surface area contributed by atoms with Gasteiger partial charge in [0, 0.05) is 10.9 Å². The Labute approximate surface area is 95.1 Å². The molecule has 1 saturated carbocycles. The molecule has 0 radical (unpaired) electrons. The predicted octanol–water partition coefficient (Wildman–Crippen LogP) is 2.31. The van der Waals surface area contributed by atoms with Crippen molar-refractivity contribution in [2.45, 2.75) is 50.2 Å². The average Bonchev–Trinajstić information content (AvgIpc) is 2.73. The van der Waals surface area contributed by atoms with Crippen molar-refractivity contribution in [2.24, 2.45) is 5.73 Å². The largest absolute Gasteiger partial charge is 0.390 e. The van der Waals surface area contributed by atoms with E-state index in [4.69, 9.17) is 5.73 Å². The summed E-state index contributed by atoms with van der Waals surface area (Å²) in [7, 11) is 0. The number of aliphatic hydroxyl groups is 1. The first-order valence-electron chi connectivity index (χ1n) is 5.68. The van der Waals surface area contributed by atoms with Crippen molar-refractivity contribution in [3.05, 3.63) is 22.4 Å². The minimum absolute atomic E-state index is 0.312. The monoisotopic (exact) mass is 225 g/mol. The number of aryl methyl sites for hydroxylation is 1. The average molecular weight is 225 g/mol. The van der Waals surface area contributed by atoms with Crippen LogP contribution in [0, 0.1) is 0 Å². The quantitative estimate of drug-likeness (QED) is 0.829. The van der Waals surface area contributed by atoms with Gasteiger partial charge < -0.3 is 10.8 Å². The van der Waals surface area contributed by atoms with Crippen LogP contribution in [-0.4, -0.2) is 16.7 Å². The highest BCUT2D eigenvalue weighted by molar-refractivity contribution is 7.09. The molecule has 84 valence electrons. The van der Waals surface area contributed by atoms with E-state index in [0.717, 1.165) is 38.5 Å². The molecule has 0 atom stereocenters. The van der Waals surface area contributed by atoms with Gasteiger partial charge in [0.15, 0.2) is 0 Å². The van der Waals surface area contributed by atoms with E-state index in [9.17, 15) is 5.11 Å². The van der Waals surface area contributed by atoms with Gasteiger partial charge in [-0.15, -0.1) is 11.3 Å². The van der Waals surface area contributed by atoms with Gasteiger partial charge in [0.1, 0.15) is 0 Å². The van der Waals surface area contributed by atoms with E-state index in [2.05, 4.69) is 17.5 Å². The van der Waals surface area contributed by atoms with Crippen LogP contribution in [0.1, 0.15) is 37.0 Å². The summed E-state index contributed by atoms with van der Waals surface area (Å²) < 4.78 is 0. The van der Waals surface area contributed by atoms with Crippen molar-refractivity contribution >= 4 is 11.3 Å². The van der Waals surface area contributed by atoms with Crippen LogP contribution in [-0.2, 0) is 6.42 Å². The summed E-state index contributed by atoms with van der Waals surface area (Å²) in [4.78, 5) is 1.37. The van der Waals surface area contributed by atoms with Crippen molar-refractivity contribution < 1.29 is 5.11 Å². The van der Waals surface area contributed by atoms with Gasteiger partial charge in [0.05, 0.1) is 5.60 Å². The Morgan fingerprint density at radius 3 is 2.80 bits per heavy atom. The molecule has 2 rings (SSSR count). The number of nitrogens with two attached hydrogens (primary N) is 1. The lowest BCUT2D eigenvalue weighted by Gasteiger charge is -2.34. The molecule has 1 aliphatic carbocycles. The van der Waals surface area contributed by atoms with Crippen molar-refractivity contribution in [1.29, 1.82) is 0 Å². The van der Waals surface area contributed by atoms with E-state index in [1.807, 2.05) is 0 Å². The summed E-state index contributed by atoms with van der Waals surface area (Å²) >= 11 is 1.77. The maximum absolute atomic E-state index is 10.3. The van der Waals surface area contributed by atoms with Crippen LogP contribution in [0.4, 0.5) is 0 Å². The molecule has 0 amide bonds. The SMILES string of the molecule is NC1CCC(O)(CCc2cccs2)CC1. The number of hydrogen-bond acceptors (Lipinski definition) is 3. The molecule has 15 heavy (non-hydrogen) atoms. The predicted molar refractivity (Wildman–Crippen MR) is 64.0 cm³/mol. The van der Waals surface area contributed by atoms with Gasteiger partial charge in [0.25, 0.3) is 0 Å². The molecule has 0 bridgehead atoms. The van der Waals surface area contributed by atoms with Crippen molar-refractivity contribution in [3.8, 4) is 0 Å². The fourth-order valence-corrected chi connectivity index (χ4v) is 2.95. The van der Waals surface area contributed by atoms with Gasteiger partial charge in [0.2, 0.25) is 0 Å². The lowest BCUT2D eigenvalue weighted by Crippen LogP contribution is -2.39. The fourth-order valence-electron chi connectivity index (χ4n) is 2.24. The molecule has 1 aromatic heterocycles. The Morgan fingerprint density at radius 2 is 2.20 bits per heavy atom. The normalized spacial score (nSPS) is 31.7. The highest BCUT2D eigenvalue weighted by atomic mass is 32.1. The van der Waals surface area contributed by atoms with E-state index in [1.165, 1.54) is 4.88 Å². The second-order valence-corrected chi connectivity index (χ2v) is 5.67. The summed E-state index contributed by atoms with van der Waals surface area (Å²) in [6.45, 7) is 0.